The molecule has 2 aliphatic rings. The van der Waals surface area contributed by atoms with E-state index in [9.17, 15) is 4.79 Å². The van der Waals surface area contributed by atoms with Crippen LogP contribution in [0.3, 0.4) is 0 Å². The molecule has 0 unspecified atom stereocenters. The molecule has 1 aromatic heterocycles. The number of methoxy groups -OCH3 is 1. The molecule has 1 fully saturated rings. The minimum atomic E-state index is 0.179. The molecule has 1 aromatic carbocycles. The van der Waals surface area contributed by atoms with Crippen LogP contribution >= 0.6 is 0 Å². The summed E-state index contributed by atoms with van der Waals surface area (Å²) in [6.45, 7) is 2.78. The number of ether oxygens (including phenoxy) is 1. The highest BCUT2D eigenvalue weighted by molar-refractivity contribution is 6.00. The first kappa shape index (κ1) is 18.1. The zero-order valence-electron chi connectivity index (χ0n) is 16.1. The van der Waals surface area contributed by atoms with Gasteiger partial charge in [-0.2, -0.15) is 0 Å². The summed E-state index contributed by atoms with van der Waals surface area (Å²) in [4.78, 5) is 21.0. The van der Waals surface area contributed by atoms with E-state index in [1.807, 2.05) is 19.4 Å². The third-order valence-electron chi connectivity index (χ3n) is 5.79. The number of carbonyl (C=O) groups excluding carboxylic acids is 1. The first-order valence-corrected chi connectivity index (χ1v) is 9.73. The molecule has 0 saturated carbocycles. The Morgan fingerprint density at radius 3 is 3.00 bits per heavy atom. The number of para-hydroxylation sites is 1. The van der Waals surface area contributed by atoms with Crippen LogP contribution in [0.1, 0.15) is 30.4 Å². The van der Waals surface area contributed by atoms with Crippen LogP contribution < -0.4 is 4.90 Å². The molecule has 27 heavy (non-hydrogen) atoms. The topological polar surface area (TPSA) is 45.7 Å². The third kappa shape index (κ3) is 3.62. The van der Waals surface area contributed by atoms with Crippen molar-refractivity contribution in [2.45, 2.75) is 38.3 Å². The van der Waals surface area contributed by atoms with Crippen molar-refractivity contribution in [2.24, 2.45) is 0 Å². The second-order valence-electron chi connectivity index (χ2n) is 7.57. The van der Waals surface area contributed by atoms with Crippen molar-refractivity contribution < 1.29 is 9.53 Å². The van der Waals surface area contributed by atoms with Gasteiger partial charge in [-0.05, 0) is 43.0 Å². The van der Waals surface area contributed by atoms with Crippen LogP contribution in [-0.2, 0) is 22.5 Å². The van der Waals surface area contributed by atoms with Crippen LogP contribution in [0.15, 0.2) is 36.7 Å². The maximum absolute atomic E-state index is 12.2. The number of fused-ring (bicyclic) bond motifs is 1. The van der Waals surface area contributed by atoms with Crippen molar-refractivity contribution in [1.29, 1.82) is 0 Å². The normalized spacial score (nSPS) is 20.1. The Morgan fingerprint density at radius 2 is 2.15 bits per heavy atom. The fourth-order valence-electron chi connectivity index (χ4n) is 4.40. The Morgan fingerprint density at radius 1 is 1.26 bits per heavy atom. The van der Waals surface area contributed by atoms with Crippen LogP contribution in [-0.4, -0.2) is 49.1 Å². The van der Waals surface area contributed by atoms with E-state index >= 15 is 0 Å². The summed E-state index contributed by atoms with van der Waals surface area (Å²) < 4.78 is 5.38. The van der Waals surface area contributed by atoms with E-state index in [2.05, 4.69) is 34.1 Å². The standard InChI is InChI=1S/C22H27N3O2/c1-24-21(26)9-8-17-5-3-7-20(22(17)24)18-11-16(12-23-13-18)14-25-10-4-6-19(25)15-27-2/h3,5,7,11-13,19H,4,6,8-10,14-15H2,1-2H3/t19-/m0/s1. The lowest BCUT2D eigenvalue weighted by atomic mass is 9.94. The van der Waals surface area contributed by atoms with Crippen LogP contribution in [0.2, 0.25) is 0 Å². The van der Waals surface area contributed by atoms with Crippen LogP contribution in [0.25, 0.3) is 11.1 Å². The van der Waals surface area contributed by atoms with Gasteiger partial charge in [-0.3, -0.25) is 14.7 Å². The zero-order valence-corrected chi connectivity index (χ0v) is 16.1. The molecule has 0 spiro atoms. The summed E-state index contributed by atoms with van der Waals surface area (Å²) in [5, 5.41) is 0. The van der Waals surface area contributed by atoms with Crippen LogP contribution in [0, 0.1) is 0 Å². The highest BCUT2D eigenvalue weighted by atomic mass is 16.5. The summed E-state index contributed by atoms with van der Waals surface area (Å²) >= 11 is 0. The van der Waals surface area contributed by atoms with E-state index in [1.165, 1.54) is 24.0 Å². The number of aryl methyl sites for hydroxylation is 1. The quantitative estimate of drug-likeness (QED) is 0.816. The number of anilines is 1. The van der Waals surface area contributed by atoms with Gasteiger partial charge in [0.1, 0.15) is 0 Å². The fourth-order valence-corrected chi connectivity index (χ4v) is 4.40. The first-order chi connectivity index (χ1) is 13.2. The number of nitrogens with zero attached hydrogens (tertiary/aromatic N) is 3. The zero-order chi connectivity index (χ0) is 18.8. The Bertz CT molecular complexity index is 836. The van der Waals surface area contributed by atoms with Crippen molar-refractivity contribution in [2.75, 3.05) is 32.2 Å². The number of hydrogen-bond donors (Lipinski definition) is 0. The SMILES string of the molecule is COC[C@@H]1CCCN1Cc1cncc(-c2cccc3c2N(C)C(=O)CC3)c1. The van der Waals surface area contributed by atoms with Crippen molar-refractivity contribution in [3.63, 3.8) is 0 Å². The van der Waals surface area contributed by atoms with Gasteiger partial charge in [-0.1, -0.05) is 18.2 Å². The largest absolute Gasteiger partial charge is 0.383 e. The molecule has 0 aliphatic carbocycles. The average Bonchev–Trinajstić information content (AvgIpc) is 3.12. The van der Waals surface area contributed by atoms with Gasteiger partial charge in [0, 0.05) is 56.7 Å². The Kier molecular flexibility index (Phi) is 5.23. The molecule has 5 nitrogen and oxygen atoms in total. The van der Waals surface area contributed by atoms with Gasteiger partial charge in [0.15, 0.2) is 0 Å². The maximum Gasteiger partial charge on any atom is 0.227 e. The molecular weight excluding hydrogens is 338 g/mol. The molecule has 0 radical (unpaired) electrons. The second kappa shape index (κ2) is 7.79. The number of likely N-dealkylation sites (tertiary alicyclic amines) is 1. The van der Waals surface area contributed by atoms with E-state index in [0.29, 0.717) is 12.5 Å². The summed E-state index contributed by atoms with van der Waals surface area (Å²) in [7, 11) is 3.65. The van der Waals surface area contributed by atoms with Gasteiger partial charge in [0.25, 0.3) is 0 Å². The third-order valence-corrected chi connectivity index (χ3v) is 5.79. The number of hydrogen-bond acceptors (Lipinski definition) is 4. The predicted octanol–water partition coefficient (Wildman–Crippen LogP) is 3.27. The minimum Gasteiger partial charge on any atom is -0.383 e. The highest BCUT2D eigenvalue weighted by Gasteiger charge is 2.26. The molecule has 4 rings (SSSR count). The van der Waals surface area contributed by atoms with Crippen molar-refractivity contribution in [3.05, 3.63) is 47.8 Å². The van der Waals surface area contributed by atoms with Gasteiger partial charge in [0.2, 0.25) is 5.91 Å². The van der Waals surface area contributed by atoms with E-state index < -0.39 is 0 Å². The lowest BCUT2D eigenvalue weighted by Gasteiger charge is -2.28. The van der Waals surface area contributed by atoms with Crippen molar-refractivity contribution in [3.8, 4) is 11.1 Å². The van der Waals surface area contributed by atoms with E-state index in [4.69, 9.17) is 4.74 Å². The summed E-state index contributed by atoms with van der Waals surface area (Å²) in [6, 6.07) is 9.01. The molecule has 142 valence electrons. The number of pyridine rings is 1. The minimum absolute atomic E-state index is 0.179. The fraction of sp³-hybridized carbons (Fsp3) is 0.455. The number of rotatable bonds is 5. The van der Waals surface area contributed by atoms with Gasteiger partial charge in [-0.25, -0.2) is 0 Å². The monoisotopic (exact) mass is 365 g/mol. The van der Waals surface area contributed by atoms with E-state index in [0.717, 1.165) is 42.9 Å². The molecule has 1 atom stereocenters. The number of benzene rings is 1. The van der Waals surface area contributed by atoms with Gasteiger partial charge >= 0.3 is 0 Å². The lowest BCUT2D eigenvalue weighted by molar-refractivity contribution is -0.118. The predicted molar refractivity (Wildman–Crippen MR) is 107 cm³/mol. The Hall–Kier alpha value is -2.24. The van der Waals surface area contributed by atoms with E-state index in [-0.39, 0.29) is 5.91 Å². The first-order valence-electron chi connectivity index (χ1n) is 9.73. The molecule has 2 aliphatic heterocycles. The van der Waals surface area contributed by atoms with Crippen molar-refractivity contribution >= 4 is 11.6 Å². The molecule has 3 heterocycles. The smallest absolute Gasteiger partial charge is 0.227 e. The molecule has 5 heteroatoms. The van der Waals surface area contributed by atoms with E-state index in [1.54, 1.807) is 12.0 Å². The molecule has 1 amide bonds. The van der Waals surface area contributed by atoms with Gasteiger partial charge < -0.3 is 9.64 Å². The summed E-state index contributed by atoms with van der Waals surface area (Å²) in [5.74, 6) is 0.179. The maximum atomic E-state index is 12.2. The molecule has 1 saturated heterocycles. The van der Waals surface area contributed by atoms with Crippen molar-refractivity contribution in [1.82, 2.24) is 9.88 Å². The highest BCUT2D eigenvalue weighted by Crippen LogP contribution is 2.37. The molecule has 0 bridgehead atoms. The Labute approximate surface area is 161 Å². The molecule has 2 aromatic rings. The number of carbonyl (C=O) groups is 1. The van der Waals surface area contributed by atoms with Crippen LogP contribution in [0.5, 0.6) is 0 Å². The molecule has 0 N–H and O–H groups in total. The molecular formula is C22H27N3O2. The lowest BCUT2D eigenvalue weighted by Crippen LogP contribution is -2.32. The van der Waals surface area contributed by atoms with Crippen LogP contribution in [0.4, 0.5) is 5.69 Å². The van der Waals surface area contributed by atoms with Gasteiger partial charge in [0.05, 0.1) is 12.3 Å². The number of amides is 1. The Balaban J connectivity index is 1.63. The average molecular weight is 365 g/mol. The van der Waals surface area contributed by atoms with Gasteiger partial charge in [-0.15, -0.1) is 0 Å². The summed E-state index contributed by atoms with van der Waals surface area (Å²) in [5.41, 5.74) is 5.64. The second-order valence-corrected chi connectivity index (χ2v) is 7.57. The summed E-state index contributed by atoms with van der Waals surface area (Å²) in [6.07, 6.45) is 7.67. The number of aromatic nitrogens is 1.